The van der Waals surface area contributed by atoms with Crippen LogP contribution in [-0.4, -0.2) is 38.5 Å². The zero-order chi connectivity index (χ0) is 14.6. The van der Waals surface area contributed by atoms with Gasteiger partial charge in [-0.2, -0.15) is 0 Å². The van der Waals surface area contributed by atoms with E-state index in [-0.39, 0.29) is 19.7 Å². The molecule has 0 aliphatic carbocycles. The van der Waals surface area contributed by atoms with Crippen molar-refractivity contribution in [2.24, 2.45) is 0 Å². The fourth-order valence-electron chi connectivity index (χ4n) is 1.53. The zero-order valence-electron chi connectivity index (χ0n) is 10.0. The lowest BCUT2D eigenvalue weighted by Crippen LogP contribution is -2.32. The highest BCUT2D eigenvalue weighted by Gasteiger charge is 2.28. The van der Waals surface area contributed by atoms with E-state index >= 15 is 0 Å². The number of nitrogens with zero attached hydrogens (tertiary/aromatic N) is 1. The van der Waals surface area contributed by atoms with Gasteiger partial charge in [0.25, 0.3) is 0 Å². The van der Waals surface area contributed by atoms with Crippen LogP contribution in [0, 0.1) is 29.1 Å². The van der Waals surface area contributed by atoms with Gasteiger partial charge in [0.05, 0.1) is 13.2 Å². The molecule has 0 radical (unpaired) electrons. The summed E-state index contributed by atoms with van der Waals surface area (Å²) in [4.78, 5) is 0.833. The minimum atomic E-state index is -2.21. The summed E-state index contributed by atoms with van der Waals surface area (Å²) in [5.41, 5.74) is -1.07. The van der Waals surface area contributed by atoms with Crippen molar-refractivity contribution in [2.45, 2.75) is 0 Å². The number of methoxy groups -OCH3 is 1. The molecule has 0 atom stereocenters. The standard InChI is InChI=1S/C11H12F5NO2/c1-19-5-3-17(2-4-18)11-9(15)7(13)6(12)8(14)10(11)16/h18H,2-5H2,1H3. The maximum Gasteiger partial charge on any atom is 0.200 e. The Labute approximate surface area is 106 Å². The van der Waals surface area contributed by atoms with E-state index in [1.54, 1.807) is 0 Å². The van der Waals surface area contributed by atoms with Crippen molar-refractivity contribution in [3.05, 3.63) is 29.1 Å². The van der Waals surface area contributed by atoms with Gasteiger partial charge in [0.1, 0.15) is 5.69 Å². The molecule has 0 aliphatic rings. The summed E-state index contributed by atoms with van der Waals surface area (Å²) in [6, 6.07) is 0. The van der Waals surface area contributed by atoms with Crippen LogP contribution in [0.15, 0.2) is 0 Å². The Balaban J connectivity index is 3.29. The van der Waals surface area contributed by atoms with Crippen molar-refractivity contribution in [3.8, 4) is 0 Å². The van der Waals surface area contributed by atoms with E-state index in [1.165, 1.54) is 7.11 Å². The van der Waals surface area contributed by atoms with Gasteiger partial charge in [-0.3, -0.25) is 0 Å². The third-order valence-corrected chi connectivity index (χ3v) is 2.44. The molecule has 0 aromatic heterocycles. The predicted molar refractivity (Wildman–Crippen MR) is 57.4 cm³/mol. The molecule has 1 aromatic carbocycles. The Hall–Kier alpha value is -1.41. The number of ether oxygens (including phenoxy) is 1. The van der Waals surface area contributed by atoms with E-state index in [4.69, 9.17) is 5.11 Å². The molecule has 1 aromatic rings. The lowest BCUT2D eigenvalue weighted by molar-refractivity contribution is 0.202. The lowest BCUT2D eigenvalue weighted by Gasteiger charge is -2.24. The molecule has 3 nitrogen and oxygen atoms in total. The molecular formula is C11H12F5NO2. The summed E-state index contributed by atoms with van der Waals surface area (Å²) in [5.74, 6) is -10.1. The summed E-state index contributed by atoms with van der Waals surface area (Å²) in [7, 11) is 1.32. The third-order valence-electron chi connectivity index (χ3n) is 2.44. The molecule has 0 bridgehead atoms. The van der Waals surface area contributed by atoms with E-state index in [2.05, 4.69) is 4.74 Å². The smallest absolute Gasteiger partial charge is 0.200 e. The van der Waals surface area contributed by atoms with Crippen LogP contribution in [0.25, 0.3) is 0 Å². The van der Waals surface area contributed by atoms with E-state index in [1.807, 2.05) is 0 Å². The zero-order valence-corrected chi connectivity index (χ0v) is 10.0. The van der Waals surface area contributed by atoms with Crippen LogP contribution in [0.1, 0.15) is 0 Å². The minimum Gasteiger partial charge on any atom is -0.395 e. The van der Waals surface area contributed by atoms with Gasteiger partial charge in [-0.25, -0.2) is 22.0 Å². The van der Waals surface area contributed by atoms with Crippen molar-refractivity contribution in [3.63, 3.8) is 0 Å². The molecule has 0 heterocycles. The van der Waals surface area contributed by atoms with Gasteiger partial charge in [-0.15, -0.1) is 0 Å². The van der Waals surface area contributed by atoms with Crippen LogP contribution < -0.4 is 4.90 Å². The molecule has 108 valence electrons. The first-order valence-corrected chi connectivity index (χ1v) is 5.31. The molecule has 0 unspecified atom stereocenters. The Kier molecular flexibility index (Phi) is 5.49. The monoisotopic (exact) mass is 285 g/mol. The normalized spacial score (nSPS) is 10.9. The van der Waals surface area contributed by atoms with Gasteiger partial charge in [0.2, 0.25) is 5.82 Å². The summed E-state index contributed by atoms with van der Waals surface area (Å²) >= 11 is 0. The highest BCUT2D eigenvalue weighted by atomic mass is 19.2. The van der Waals surface area contributed by atoms with Crippen LogP contribution in [0.5, 0.6) is 0 Å². The van der Waals surface area contributed by atoms with Gasteiger partial charge in [-0.1, -0.05) is 0 Å². The van der Waals surface area contributed by atoms with E-state index in [0.29, 0.717) is 0 Å². The fraction of sp³-hybridized carbons (Fsp3) is 0.455. The molecular weight excluding hydrogens is 273 g/mol. The van der Waals surface area contributed by atoms with E-state index < -0.39 is 41.4 Å². The van der Waals surface area contributed by atoms with E-state index in [9.17, 15) is 22.0 Å². The number of anilines is 1. The second-order valence-electron chi connectivity index (χ2n) is 3.62. The highest BCUT2D eigenvalue weighted by molar-refractivity contribution is 5.50. The topological polar surface area (TPSA) is 32.7 Å². The molecule has 1 N–H and O–H groups in total. The van der Waals surface area contributed by atoms with Crippen LogP contribution in [0.3, 0.4) is 0 Å². The number of hydrogen-bond acceptors (Lipinski definition) is 3. The van der Waals surface area contributed by atoms with Crippen LogP contribution in [-0.2, 0) is 4.74 Å². The maximum absolute atomic E-state index is 13.5. The van der Waals surface area contributed by atoms with Crippen molar-refractivity contribution < 1.29 is 31.8 Å². The highest BCUT2D eigenvalue weighted by Crippen LogP contribution is 2.29. The summed E-state index contributed by atoms with van der Waals surface area (Å²) in [6.07, 6.45) is 0. The van der Waals surface area contributed by atoms with Gasteiger partial charge in [0.15, 0.2) is 23.3 Å². The van der Waals surface area contributed by atoms with Gasteiger partial charge in [0, 0.05) is 20.2 Å². The van der Waals surface area contributed by atoms with Crippen LogP contribution in [0.2, 0.25) is 0 Å². The number of aliphatic hydroxyl groups is 1. The van der Waals surface area contributed by atoms with Crippen molar-refractivity contribution in [2.75, 3.05) is 38.3 Å². The second-order valence-corrected chi connectivity index (χ2v) is 3.62. The Morgan fingerprint density at radius 2 is 1.37 bits per heavy atom. The van der Waals surface area contributed by atoms with Gasteiger partial charge in [-0.05, 0) is 0 Å². The number of hydrogen-bond donors (Lipinski definition) is 1. The van der Waals surface area contributed by atoms with Crippen LogP contribution >= 0.6 is 0 Å². The Bertz CT molecular complexity index is 426. The SMILES string of the molecule is COCCN(CCO)c1c(F)c(F)c(F)c(F)c1F. The average Bonchev–Trinajstić information content (AvgIpc) is 2.40. The van der Waals surface area contributed by atoms with Gasteiger partial charge >= 0.3 is 0 Å². The molecule has 0 saturated heterocycles. The molecule has 0 saturated carbocycles. The van der Waals surface area contributed by atoms with E-state index in [0.717, 1.165) is 4.90 Å². The maximum atomic E-state index is 13.5. The third kappa shape index (κ3) is 3.13. The number of benzene rings is 1. The molecule has 0 amide bonds. The van der Waals surface area contributed by atoms with Crippen molar-refractivity contribution >= 4 is 5.69 Å². The lowest BCUT2D eigenvalue weighted by atomic mass is 10.2. The fourth-order valence-corrected chi connectivity index (χ4v) is 1.53. The summed E-state index contributed by atoms with van der Waals surface area (Å²) in [6.45, 7) is -0.931. The minimum absolute atomic E-state index is 0.000501. The van der Waals surface area contributed by atoms with Crippen LogP contribution in [0.4, 0.5) is 27.6 Å². The predicted octanol–water partition coefficient (Wildman–Crippen LogP) is 1.83. The van der Waals surface area contributed by atoms with Crippen molar-refractivity contribution in [1.29, 1.82) is 0 Å². The Morgan fingerprint density at radius 1 is 0.895 bits per heavy atom. The molecule has 1 rings (SSSR count). The van der Waals surface area contributed by atoms with Gasteiger partial charge < -0.3 is 14.7 Å². The molecule has 0 spiro atoms. The second kappa shape index (κ2) is 6.67. The molecule has 0 aliphatic heterocycles. The quantitative estimate of drug-likeness (QED) is 0.492. The number of halogens is 5. The summed E-state index contributed by atoms with van der Waals surface area (Å²) in [5, 5.41) is 8.78. The Morgan fingerprint density at radius 3 is 1.79 bits per heavy atom. The summed E-state index contributed by atoms with van der Waals surface area (Å²) < 4.78 is 70.7. The average molecular weight is 285 g/mol. The molecule has 8 heteroatoms. The number of rotatable bonds is 6. The molecule has 19 heavy (non-hydrogen) atoms. The first kappa shape index (κ1) is 15.6. The first-order chi connectivity index (χ1) is 8.95. The largest absolute Gasteiger partial charge is 0.395 e. The van der Waals surface area contributed by atoms with Crippen molar-refractivity contribution in [1.82, 2.24) is 0 Å². The molecule has 0 fully saturated rings. The first-order valence-electron chi connectivity index (χ1n) is 5.31. The number of aliphatic hydroxyl groups excluding tert-OH is 1.